The second-order valence-corrected chi connectivity index (χ2v) is 4.58. The monoisotopic (exact) mass is 271 g/mol. The predicted octanol–water partition coefficient (Wildman–Crippen LogP) is 2.45. The van der Waals surface area contributed by atoms with Crippen molar-refractivity contribution < 1.29 is 4.74 Å². The molecule has 1 heterocycles. The second-order valence-electron chi connectivity index (χ2n) is 4.58. The van der Waals surface area contributed by atoms with Gasteiger partial charge in [-0.2, -0.15) is 0 Å². The van der Waals surface area contributed by atoms with E-state index < -0.39 is 0 Å². The number of rotatable bonds is 7. The zero-order chi connectivity index (χ0) is 14.2. The first-order valence-corrected chi connectivity index (χ1v) is 6.83. The quantitative estimate of drug-likeness (QED) is 0.840. The molecule has 4 nitrogen and oxygen atoms in total. The van der Waals surface area contributed by atoms with Crippen LogP contribution >= 0.6 is 0 Å². The van der Waals surface area contributed by atoms with Crippen LogP contribution < -0.4 is 15.4 Å². The molecule has 0 bridgehead atoms. The molecule has 2 rings (SSSR count). The fourth-order valence-corrected chi connectivity index (χ4v) is 2.12. The van der Waals surface area contributed by atoms with Crippen LogP contribution in [0.15, 0.2) is 48.7 Å². The fourth-order valence-electron chi connectivity index (χ4n) is 2.12. The normalized spacial score (nSPS) is 10.3. The van der Waals surface area contributed by atoms with Crippen LogP contribution in [0, 0.1) is 0 Å². The van der Waals surface area contributed by atoms with Gasteiger partial charge in [-0.3, -0.25) is 0 Å². The van der Waals surface area contributed by atoms with Crippen molar-refractivity contribution in [3.8, 4) is 5.75 Å². The molecule has 0 aliphatic carbocycles. The first-order valence-electron chi connectivity index (χ1n) is 6.83. The van der Waals surface area contributed by atoms with E-state index in [2.05, 4.69) is 22.0 Å². The van der Waals surface area contributed by atoms with Gasteiger partial charge in [-0.05, 0) is 30.7 Å². The summed E-state index contributed by atoms with van der Waals surface area (Å²) in [4.78, 5) is 6.67. The van der Waals surface area contributed by atoms with Gasteiger partial charge in [0.15, 0.2) is 11.6 Å². The summed E-state index contributed by atoms with van der Waals surface area (Å²) in [5, 5.41) is 0. The van der Waals surface area contributed by atoms with Crippen molar-refractivity contribution in [1.82, 2.24) is 4.98 Å². The lowest BCUT2D eigenvalue weighted by atomic mass is 10.2. The highest BCUT2D eigenvalue weighted by molar-refractivity contribution is 5.52. The molecule has 4 heteroatoms. The maximum Gasteiger partial charge on any atom is 0.171 e. The molecule has 0 atom stereocenters. The van der Waals surface area contributed by atoms with Crippen molar-refractivity contribution in [1.29, 1.82) is 0 Å². The van der Waals surface area contributed by atoms with E-state index in [-0.39, 0.29) is 0 Å². The summed E-state index contributed by atoms with van der Waals surface area (Å²) in [7, 11) is 1.67. The predicted molar refractivity (Wildman–Crippen MR) is 82.0 cm³/mol. The van der Waals surface area contributed by atoms with Crippen LogP contribution in [0.2, 0.25) is 0 Å². The van der Waals surface area contributed by atoms with Crippen LogP contribution in [0.5, 0.6) is 5.75 Å². The van der Waals surface area contributed by atoms with E-state index in [1.54, 1.807) is 13.3 Å². The topological polar surface area (TPSA) is 51.4 Å². The molecule has 20 heavy (non-hydrogen) atoms. The van der Waals surface area contributed by atoms with Gasteiger partial charge in [-0.1, -0.05) is 30.3 Å². The molecule has 2 N–H and O–H groups in total. The number of aromatic nitrogens is 1. The Morgan fingerprint density at radius 2 is 1.95 bits per heavy atom. The molecule has 106 valence electrons. The van der Waals surface area contributed by atoms with E-state index >= 15 is 0 Å². The van der Waals surface area contributed by atoms with Crippen LogP contribution in [-0.4, -0.2) is 25.2 Å². The number of ether oxygens (including phenoxy) is 1. The first kappa shape index (κ1) is 14.3. The molecular formula is C16H21N3O. The summed E-state index contributed by atoms with van der Waals surface area (Å²) in [5.41, 5.74) is 6.89. The van der Waals surface area contributed by atoms with E-state index in [0.717, 1.165) is 31.1 Å². The maximum absolute atomic E-state index is 5.64. The minimum atomic E-state index is 0.667. The average molecular weight is 271 g/mol. The van der Waals surface area contributed by atoms with E-state index in [1.807, 2.05) is 30.3 Å². The number of nitrogens with zero attached hydrogens (tertiary/aromatic N) is 2. The van der Waals surface area contributed by atoms with Gasteiger partial charge < -0.3 is 15.4 Å². The van der Waals surface area contributed by atoms with Crippen LogP contribution in [-0.2, 0) is 6.54 Å². The molecule has 1 aromatic carbocycles. The third-order valence-corrected chi connectivity index (χ3v) is 3.12. The average Bonchev–Trinajstić information content (AvgIpc) is 2.52. The van der Waals surface area contributed by atoms with Crippen molar-refractivity contribution >= 4 is 5.82 Å². The highest BCUT2D eigenvalue weighted by atomic mass is 16.5. The number of methoxy groups -OCH3 is 1. The number of hydrogen-bond acceptors (Lipinski definition) is 4. The van der Waals surface area contributed by atoms with E-state index in [4.69, 9.17) is 10.5 Å². The highest BCUT2D eigenvalue weighted by Gasteiger charge is 2.13. The molecule has 2 aromatic rings. The van der Waals surface area contributed by atoms with Crippen LogP contribution in [0.3, 0.4) is 0 Å². The number of anilines is 1. The Labute approximate surface area is 120 Å². The molecule has 0 spiro atoms. The summed E-state index contributed by atoms with van der Waals surface area (Å²) < 4.78 is 5.41. The first-order chi connectivity index (χ1) is 9.85. The van der Waals surface area contributed by atoms with Crippen molar-refractivity contribution in [2.75, 3.05) is 25.1 Å². The zero-order valence-corrected chi connectivity index (χ0v) is 11.8. The van der Waals surface area contributed by atoms with Crippen molar-refractivity contribution in [3.05, 3.63) is 54.2 Å². The summed E-state index contributed by atoms with van der Waals surface area (Å²) in [6.45, 7) is 2.33. The molecule has 0 aliphatic rings. The number of hydrogen-bond donors (Lipinski definition) is 1. The van der Waals surface area contributed by atoms with Crippen molar-refractivity contribution in [3.63, 3.8) is 0 Å². The van der Waals surface area contributed by atoms with E-state index in [1.165, 1.54) is 5.56 Å². The Balaban J connectivity index is 2.22. The van der Waals surface area contributed by atoms with Gasteiger partial charge in [-0.15, -0.1) is 0 Å². The lowest BCUT2D eigenvalue weighted by Gasteiger charge is -2.25. The molecule has 0 saturated carbocycles. The van der Waals surface area contributed by atoms with Crippen LogP contribution in [0.1, 0.15) is 12.0 Å². The lowest BCUT2D eigenvalue weighted by Crippen LogP contribution is -2.27. The second kappa shape index (κ2) is 7.50. The van der Waals surface area contributed by atoms with E-state index in [0.29, 0.717) is 6.54 Å². The lowest BCUT2D eigenvalue weighted by molar-refractivity contribution is 0.412. The Morgan fingerprint density at radius 1 is 1.15 bits per heavy atom. The molecular weight excluding hydrogens is 250 g/mol. The fraction of sp³-hybridized carbons (Fsp3) is 0.312. The van der Waals surface area contributed by atoms with Crippen LogP contribution in [0.25, 0.3) is 0 Å². The third-order valence-electron chi connectivity index (χ3n) is 3.12. The smallest absolute Gasteiger partial charge is 0.171 e. The Morgan fingerprint density at radius 3 is 2.65 bits per heavy atom. The zero-order valence-electron chi connectivity index (χ0n) is 11.8. The van der Waals surface area contributed by atoms with Gasteiger partial charge in [-0.25, -0.2) is 4.98 Å². The summed E-state index contributed by atoms with van der Waals surface area (Å²) in [6, 6.07) is 14.2. The van der Waals surface area contributed by atoms with E-state index in [9.17, 15) is 0 Å². The molecule has 0 aliphatic heterocycles. The minimum Gasteiger partial charge on any atom is -0.493 e. The van der Waals surface area contributed by atoms with Gasteiger partial charge in [0.25, 0.3) is 0 Å². The molecule has 0 saturated heterocycles. The SMILES string of the molecule is COc1cccnc1N(CCCN)Cc1ccccc1. The number of benzene rings is 1. The largest absolute Gasteiger partial charge is 0.493 e. The maximum atomic E-state index is 5.64. The van der Waals surface area contributed by atoms with Gasteiger partial charge in [0.05, 0.1) is 7.11 Å². The van der Waals surface area contributed by atoms with Crippen molar-refractivity contribution in [2.45, 2.75) is 13.0 Å². The van der Waals surface area contributed by atoms with Gasteiger partial charge in [0.1, 0.15) is 0 Å². The highest BCUT2D eigenvalue weighted by Crippen LogP contribution is 2.26. The standard InChI is InChI=1S/C16H21N3O/c1-20-15-9-5-11-18-16(15)19(12-6-10-17)13-14-7-3-2-4-8-14/h2-5,7-9,11H,6,10,12-13,17H2,1H3. The van der Waals surface area contributed by atoms with Crippen molar-refractivity contribution in [2.24, 2.45) is 5.73 Å². The molecule has 0 unspecified atom stereocenters. The number of pyridine rings is 1. The Kier molecular flexibility index (Phi) is 5.38. The Bertz CT molecular complexity index is 516. The minimum absolute atomic E-state index is 0.667. The van der Waals surface area contributed by atoms with Gasteiger partial charge in [0.2, 0.25) is 0 Å². The van der Waals surface area contributed by atoms with Gasteiger partial charge in [0, 0.05) is 19.3 Å². The van der Waals surface area contributed by atoms with Crippen LogP contribution in [0.4, 0.5) is 5.82 Å². The molecule has 0 radical (unpaired) electrons. The third kappa shape index (κ3) is 3.71. The molecule has 0 fully saturated rings. The number of nitrogens with two attached hydrogens (primary N) is 1. The molecule has 0 amide bonds. The Hall–Kier alpha value is -2.07. The molecule has 1 aromatic heterocycles. The summed E-state index contributed by atoms with van der Waals surface area (Å²) >= 11 is 0. The van der Waals surface area contributed by atoms with Gasteiger partial charge >= 0.3 is 0 Å². The summed E-state index contributed by atoms with van der Waals surface area (Å²) in [5.74, 6) is 1.66. The summed E-state index contributed by atoms with van der Waals surface area (Å²) in [6.07, 6.45) is 2.71.